The molecule has 0 saturated carbocycles. The van der Waals surface area contributed by atoms with Gasteiger partial charge in [-0.2, -0.15) is 0 Å². The maximum atomic E-state index is 13.3. The summed E-state index contributed by atoms with van der Waals surface area (Å²) in [5, 5.41) is 6.24. The molecule has 1 atom stereocenters. The molecule has 3 rings (SSSR count). The smallest absolute Gasteiger partial charge is 0.419 e. The zero-order valence-corrected chi connectivity index (χ0v) is 24.3. The molecule has 2 amide bonds. The fourth-order valence-corrected chi connectivity index (χ4v) is 4.41. The van der Waals surface area contributed by atoms with Crippen molar-refractivity contribution in [2.45, 2.75) is 84.5 Å². The van der Waals surface area contributed by atoms with Gasteiger partial charge in [0, 0.05) is 36.5 Å². The molecule has 1 fully saturated rings. The summed E-state index contributed by atoms with van der Waals surface area (Å²) in [4.78, 5) is 44.0. The lowest BCUT2D eigenvalue weighted by molar-refractivity contribution is -0.120. The van der Waals surface area contributed by atoms with E-state index in [4.69, 9.17) is 14.2 Å². The lowest BCUT2D eigenvalue weighted by atomic mass is 10.1. The van der Waals surface area contributed by atoms with Crippen LogP contribution in [0.1, 0.15) is 79.0 Å². The summed E-state index contributed by atoms with van der Waals surface area (Å²) in [6, 6.07) is 3.76. The molecule has 2 aromatic rings. The zero-order valence-electron chi connectivity index (χ0n) is 24.3. The second kappa shape index (κ2) is 12.8. The van der Waals surface area contributed by atoms with Crippen LogP contribution in [0, 0.1) is 0 Å². The van der Waals surface area contributed by atoms with Gasteiger partial charge in [-0.3, -0.25) is 9.69 Å². The van der Waals surface area contributed by atoms with Crippen molar-refractivity contribution < 1.29 is 28.6 Å². The van der Waals surface area contributed by atoms with Crippen LogP contribution in [-0.2, 0) is 19.0 Å². The van der Waals surface area contributed by atoms with Crippen molar-refractivity contribution in [2.24, 2.45) is 0 Å². The lowest BCUT2D eigenvalue weighted by Gasteiger charge is -2.24. The maximum absolute atomic E-state index is 13.3. The van der Waals surface area contributed by atoms with Gasteiger partial charge >= 0.3 is 12.2 Å². The van der Waals surface area contributed by atoms with Gasteiger partial charge in [-0.25, -0.2) is 19.1 Å². The number of fused-ring (bicyclic) bond motifs is 1. The van der Waals surface area contributed by atoms with Crippen LogP contribution in [0.25, 0.3) is 10.9 Å². The molecule has 0 spiro atoms. The monoisotopic (exact) mass is 545 g/mol. The molecular weight excluding hydrogens is 502 g/mol. The molecule has 11 nitrogen and oxygen atoms in total. The highest BCUT2D eigenvalue weighted by atomic mass is 16.6. The summed E-state index contributed by atoms with van der Waals surface area (Å²) in [5.41, 5.74) is 0.297. The molecule has 2 N–H and O–H groups in total. The molecule has 0 aromatic carbocycles. The number of carbonyl (C=O) groups excluding carboxylic acids is 3. The molecule has 3 heterocycles. The Labute approximate surface area is 230 Å². The molecule has 0 aliphatic carbocycles. The van der Waals surface area contributed by atoms with Crippen LogP contribution >= 0.6 is 0 Å². The Morgan fingerprint density at radius 1 is 1.05 bits per heavy atom. The number of likely N-dealkylation sites (tertiary alicyclic amines) is 1. The average Bonchev–Trinajstić information content (AvgIpc) is 3.38. The Kier molecular flexibility index (Phi) is 9.95. The number of hydrogen-bond donors (Lipinski definition) is 2. The molecule has 216 valence electrons. The van der Waals surface area contributed by atoms with Crippen molar-refractivity contribution in [1.82, 2.24) is 19.8 Å². The number of rotatable bonds is 9. The zero-order chi connectivity index (χ0) is 28.8. The summed E-state index contributed by atoms with van der Waals surface area (Å²) < 4.78 is 18.0. The van der Waals surface area contributed by atoms with Gasteiger partial charge in [-0.05, 0) is 86.9 Å². The van der Waals surface area contributed by atoms with Crippen LogP contribution in [0.4, 0.5) is 15.4 Å². The van der Waals surface area contributed by atoms with Gasteiger partial charge < -0.3 is 24.8 Å². The van der Waals surface area contributed by atoms with Crippen molar-refractivity contribution in [3.8, 4) is 0 Å². The van der Waals surface area contributed by atoms with E-state index in [0.717, 1.165) is 30.5 Å². The number of nitrogens with zero attached hydrogens (tertiary/aromatic N) is 3. The molecule has 1 aliphatic rings. The van der Waals surface area contributed by atoms with E-state index in [2.05, 4.69) is 27.6 Å². The van der Waals surface area contributed by atoms with E-state index in [9.17, 15) is 14.4 Å². The number of anilines is 1. The summed E-state index contributed by atoms with van der Waals surface area (Å²) >= 11 is 0. The molecule has 11 heteroatoms. The summed E-state index contributed by atoms with van der Waals surface area (Å²) in [6.07, 6.45) is 4.11. The van der Waals surface area contributed by atoms with Gasteiger partial charge in [-0.1, -0.05) is 0 Å². The van der Waals surface area contributed by atoms with Gasteiger partial charge in [0.2, 0.25) is 0 Å². The summed E-state index contributed by atoms with van der Waals surface area (Å²) in [7, 11) is 2.05. The van der Waals surface area contributed by atoms with E-state index in [1.807, 2.05) is 47.6 Å². The lowest BCUT2D eigenvalue weighted by Crippen LogP contribution is -2.33. The highest BCUT2D eigenvalue weighted by Gasteiger charge is 2.30. The van der Waals surface area contributed by atoms with Crippen molar-refractivity contribution in [3.63, 3.8) is 0 Å². The maximum Gasteiger partial charge on any atom is 0.419 e. The van der Waals surface area contributed by atoms with E-state index >= 15 is 0 Å². The first-order valence-electron chi connectivity index (χ1n) is 13.5. The van der Waals surface area contributed by atoms with Gasteiger partial charge in [0.25, 0.3) is 5.91 Å². The number of carbonyl (C=O) groups is 3. The third kappa shape index (κ3) is 9.21. The fourth-order valence-electron chi connectivity index (χ4n) is 4.41. The van der Waals surface area contributed by atoms with Gasteiger partial charge in [0.1, 0.15) is 23.6 Å². The Morgan fingerprint density at radius 3 is 2.41 bits per heavy atom. The molecule has 0 bridgehead atoms. The number of alkyl carbamates (subject to hydrolysis) is 1. The molecule has 1 saturated heterocycles. The average molecular weight is 546 g/mol. The van der Waals surface area contributed by atoms with Gasteiger partial charge in [0.05, 0.1) is 11.6 Å². The van der Waals surface area contributed by atoms with Crippen molar-refractivity contribution in [2.75, 3.05) is 38.7 Å². The minimum absolute atomic E-state index is 0.0932. The van der Waals surface area contributed by atoms with Gasteiger partial charge in [-0.15, -0.1) is 0 Å². The highest BCUT2D eigenvalue weighted by Crippen LogP contribution is 2.35. The second-order valence-corrected chi connectivity index (χ2v) is 11.9. The first-order valence-corrected chi connectivity index (χ1v) is 13.5. The number of hydrogen-bond acceptors (Lipinski definition) is 8. The van der Waals surface area contributed by atoms with Crippen LogP contribution in [0.15, 0.2) is 18.3 Å². The minimum atomic E-state index is -0.653. The largest absolute Gasteiger partial charge is 0.444 e. The number of pyridine rings is 1. The Balaban J connectivity index is 1.57. The van der Waals surface area contributed by atoms with E-state index < -0.39 is 23.4 Å². The number of aromatic nitrogens is 2. The molecule has 1 aliphatic heterocycles. The van der Waals surface area contributed by atoms with Crippen LogP contribution in [-0.4, -0.2) is 77.1 Å². The predicted molar refractivity (Wildman–Crippen MR) is 149 cm³/mol. The van der Waals surface area contributed by atoms with E-state index in [1.54, 1.807) is 16.8 Å². The van der Waals surface area contributed by atoms with Crippen molar-refractivity contribution in [1.29, 1.82) is 0 Å². The standard InChI is InChI=1S/C28H43N5O6/c1-27(2,3)38-25(35)29-12-8-9-14-37-18-24(34)31-23-16-21-19(17-30-23)15-22(20-11-10-13-32(20)7)33(21)26(36)39-28(4,5)6/h15-17,20H,8-14,18H2,1-7H3,(H,29,35)(H,30,31,34)/t20-/m1/s1. The number of ether oxygens (including phenoxy) is 3. The molecule has 0 radical (unpaired) electrons. The summed E-state index contributed by atoms with van der Waals surface area (Å²) in [5.74, 6) is -0.0215. The molecule has 0 unspecified atom stereocenters. The van der Waals surface area contributed by atoms with Crippen molar-refractivity contribution in [3.05, 3.63) is 24.0 Å². The van der Waals surface area contributed by atoms with Crippen LogP contribution in [0.2, 0.25) is 0 Å². The summed E-state index contributed by atoms with van der Waals surface area (Å²) in [6.45, 7) is 12.6. The van der Waals surface area contributed by atoms with Crippen molar-refractivity contribution >= 4 is 34.8 Å². The number of unbranched alkanes of at least 4 members (excludes halogenated alkanes) is 1. The SMILES string of the molecule is CN1CCC[C@@H]1c1cc2cnc(NC(=O)COCCCCNC(=O)OC(C)(C)C)cc2n1C(=O)OC(C)(C)C. The Morgan fingerprint density at radius 2 is 1.77 bits per heavy atom. The first-order chi connectivity index (χ1) is 18.2. The molecule has 39 heavy (non-hydrogen) atoms. The molecular formula is C28H43N5O6. The number of nitrogens with one attached hydrogen (secondary N) is 2. The third-order valence-corrected chi connectivity index (χ3v) is 6.04. The fraction of sp³-hybridized carbons (Fsp3) is 0.643. The van der Waals surface area contributed by atoms with E-state index in [0.29, 0.717) is 37.3 Å². The Hall–Kier alpha value is -3.18. The van der Waals surface area contributed by atoms with Crippen LogP contribution in [0.3, 0.4) is 0 Å². The van der Waals surface area contributed by atoms with Crippen LogP contribution in [0.5, 0.6) is 0 Å². The van der Waals surface area contributed by atoms with Crippen LogP contribution < -0.4 is 10.6 Å². The predicted octanol–water partition coefficient (Wildman–Crippen LogP) is 4.85. The normalized spacial score (nSPS) is 16.3. The quantitative estimate of drug-likeness (QED) is 0.429. The Bertz CT molecular complexity index is 1160. The highest BCUT2D eigenvalue weighted by molar-refractivity contribution is 5.95. The first kappa shape index (κ1) is 30.4. The topological polar surface area (TPSA) is 124 Å². The third-order valence-electron chi connectivity index (χ3n) is 6.04. The van der Waals surface area contributed by atoms with E-state index in [1.165, 1.54) is 0 Å². The minimum Gasteiger partial charge on any atom is -0.444 e. The number of amides is 2. The van der Waals surface area contributed by atoms with E-state index in [-0.39, 0.29) is 18.6 Å². The van der Waals surface area contributed by atoms with Gasteiger partial charge in [0.15, 0.2) is 0 Å². The molecule has 2 aromatic heterocycles. The second-order valence-electron chi connectivity index (χ2n) is 11.9.